The van der Waals surface area contributed by atoms with Gasteiger partial charge in [-0.2, -0.15) is 0 Å². The van der Waals surface area contributed by atoms with Gasteiger partial charge in [-0.3, -0.25) is 4.79 Å². The Labute approximate surface area is 117 Å². The maximum absolute atomic E-state index is 12.1. The minimum absolute atomic E-state index is 0.201. The molecule has 0 aromatic heterocycles. The summed E-state index contributed by atoms with van der Waals surface area (Å²) in [4.78, 5) is 13.9. The maximum atomic E-state index is 12.1. The summed E-state index contributed by atoms with van der Waals surface area (Å²) in [5.41, 5.74) is 0. The van der Waals surface area contributed by atoms with E-state index in [2.05, 4.69) is 33.0 Å². The van der Waals surface area contributed by atoms with E-state index in [4.69, 9.17) is 0 Å². The predicted molar refractivity (Wildman–Crippen MR) is 77.9 cm³/mol. The van der Waals surface area contributed by atoms with E-state index in [1.165, 1.54) is 0 Å². The molecule has 1 aliphatic rings. The van der Waals surface area contributed by atoms with Crippen LogP contribution in [0.2, 0.25) is 0 Å². The fourth-order valence-electron chi connectivity index (χ4n) is 2.61. The number of carbonyl (C=O) groups excluding carboxylic acids is 1. The topological polar surface area (TPSA) is 52.6 Å². The molecule has 0 spiro atoms. The van der Waals surface area contributed by atoms with Gasteiger partial charge in [0.15, 0.2) is 0 Å². The van der Waals surface area contributed by atoms with Crippen LogP contribution in [0.25, 0.3) is 0 Å². The van der Waals surface area contributed by atoms with E-state index in [1.807, 2.05) is 4.90 Å². The first-order chi connectivity index (χ1) is 8.90. The third kappa shape index (κ3) is 5.91. The van der Waals surface area contributed by atoms with Crippen LogP contribution in [-0.4, -0.2) is 47.7 Å². The quantitative estimate of drug-likeness (QED) is 0.771. The maximum Gasteiger partial charge on any atom is 0.222 e. The van der Waals surface area contributed by atoms with E-state index in [0.717, 1.165) is 19.4 Å². The summed E-state index contributed by atoms with van der Waals surface area (Å²) >= 11 is 0. The molecule has 1 heterocycles. The van der Waals surface area contributed by atoms with Gasteiger partial charge in [-0.25, -0.2) is 0 Å². The minimum Gasteiger partial charge on any atom is -0.390 e. The molecule has 2 N–H and O–H groups in total. The Morgan fingerprint density at radius 3 is 2.58 bits per heavy atom. The fourth-order valence-corrected chi connectivity index (χ4v) is 2.61. The number of aliphatic hydroxyl groups excluding tert-OH is 1. The van der Waals surface area contributed by atoms with Gasteiger partial charge in [0.1, 0.15) is 0 Å². The molecule has 4 nitrogen and oxygen atoms in total. The number of nitrogens with zero attached hydrogens (tertiary/aromatic N) is 1. The van der Waals surface area contributed by atoms with E-state index < -0.39 is 6.10 Å². The van der Waals surface area contributed by atoms with Crippen molar-refractivity contribution in [1.82, 2.24) is 10.2 Å². The van der Waals surface area contributed by atoms with Crippen LogP contribution in [0.3, 0.4) is 0 Å². The zero-order valence-electron chi connectivity index (χ0n) is 12.9. The molecule has 2 atom stereocenters. The van der Waals surface area contributed by atoms with Gasteiger partial charge < -0.3 is 15.3 Å². The van der Waals surface area contributed by atoms with Crippen molar-refractivity contribution in [3.63, 3.8) is 0 Å². The number of rotatable bonds is 6. The molecule has 1 saturated heterocycles. The Morgan fingerprint density at radius 1 is 1.32 bits per heavy atom. The molecular weight excluding hydrogens is 240 g/mol. The van der Waals surface area contributed by atoms with Gasteiger partial charge >= 0.3 is 0 Å². The van der Waals surface area contributed by atoms with Gasteiger partial charge in [0.05, 0.1) is 6.10 Å². The van der Waals surface area contributed by atoms with Crippen LogP contribution in [0.5, 0.6) is 0 Å². The van der Waals surface area contributed by atoms with Crippen LogP contribution < -0.4 is 5.32 Å². The van der Waals surface area contributed by atoms with Gasteiger partial charge in [0.25, 0.3) is 0 Å². The molecule has 112 valence electrons. The van der Waals surface area contributed by atoms with Crippen molar-refractivity contribution in [2.45, 2.75) is 59.1 Å². The van der Waals surface area contributed by atoms with Crippen LogP contribution in [0, 0.1) is 11.8 Å². The van der Waals surface area contributed by atoms with E-state index in [-0.39, 0.29) is 5.91 Å². The van der Waals surface area contributed by atoms with E-state index in [1.54, 1.807) is 0 Å². The summed E-state index contributed by atoms with van der Waals surface area (Å²) in [5.74, 6) is 1.48. The van der Waals surface area contributed by atoms with Crippen molar-refractivity contribution in [2.24, 2.45) is 11.8 Å². The average molecular weight is 270 g/mol. The number of carbonyl (C=O) groups is 1. The molecule has 1 aliphatic heterocycles. The van der Waals surface area contributed by atoms with Crippen molar-refractivity contribution in [3.05, 3.63) is 0 Å². The van der Waals surface area contributed by atoms with Crippen LogP contribution in [-0.2, 0) is 4.79 Å². The molecule has 1 rings (SSSR count). The highest BCUT2D eigenvalue weighted by atomic mass is 16.3. The first-order valence-corrected chi connectivity index (χ1v) is 7.59. The molecule has 1 amide bonds. The number of likely N-dealkylation sites (tertiary alicyclic amines) is 1. The van der Waals surface area contributed by atoms with E-state index in [9.17, 15) is 9.90 Å². The van der Waals surface area contributed by atoms with Gasteiger partial charge in [0.2, 0.25) is 5.91 Å². The fraction of sp³-hybridized carbons (Fsp3) is 0.933. The number of amides is 1. The lowest BCUT2D eigenvalue weighted by Crippen LogP contribution is -2.42. The zero-order chi connectivity index (χ0) is 14.4. The normalized spacial score (nSPS) is 23.0. The summed E-state index contributed by atoms with van der Waals surface area (Å²) in [6.07, 6.45) is 2.22. The molecule has 19 heavy (non-hydrogen) atoms. The van der Waals surface area contributed by atoms with Gasteiger partial charge in [-0.05, 0) is 24.7 Å². The second-order valence-corrected chi connectivity index (χ2v) is 6.39. The highest BCUT2D eigenvalue weighted by Crippen LogP contribution is 2.25. The average Bonchev–Trinajstić information content (AvgIpc) is 2.50. The second kappa shape index (κ2) is 7.85. The van der Waals surface area contributed by atoms with Crippen molar-refractivity contribution < 1.29 is 9.90 Å². The van der Waals surface area contributed by atoms with Gasteiger partial charge in [-0.1, -0.05) is 27.7 Å². The third-order valence-corrected chi connectivity index (χ3v) is 3.99. The number of hydrogen-bond donors (Lipinski definition) is 2. The Hall–Kier alpha value is -0.610. The summed E-state index contributed by atoms with van der Waals surface area (Å²) in [6.45, 7) is 10.4. The summed E-state index contributed by atoms with van der Waals surface area (Å²) in [5, 5.41) is 13.2. The van der Waals surface area contributed by atoms with Gasteiger partial charge in [0, 0.05) is 32.1 Å². The Kier molecular flexibility index (Phi) is 6.80. The lowest BCUT2D eigenvalue weighted by molar-refractivity contribution is -0.132. The Morgan fingerprint density at radius 2 is 2.00 bits per heavy atom. The summed E-state index contributed by atoms with van der Waals surface area (Å²) < 4.78 is 0. The molecule has 2 unspecified atom stereocenters. The van der Waals surface area contributed by atoms with Crippen molar-refractivity contribution in [2.75, 3.05) is 19.6 Å². The first-order valence-electron chi connectivity index (χ1n) is 7.59. The van der Waals surface area contributed by atoms with Crippen LogP contribution in [0.1, 0.15) is 47.0 Å². The molecule has 0 aliphatic carbocycles. The smallest absolute Gasteiger partial charge is 0.222 e. The molecule has 0 aromatic rings. The van der Waals surface area contributed by atoms with Crippen molar-refractivity contribution >= 4 is 5.91 Å². The molecule has 0 saturated carbocycles. The molecule has 0 radical (unpaired) electrons. The Balaban J connectivity index is 2.42. The number of nitrogens with one attached hydrogen (secondary N) is 1. The van der Waals surface area contributed by atoms with Crippen LogP contribution >= 0.6 is 0 Å². The SMILES string of the molecule is CC(C)NCC(O)CN1CCC(C(C)C)CCC1=O. The first kappa shape index (κ1) is 16.4. The predicted octanol–water partition coefficient (Wildman–Crippen LogP) is 1.63. The summed E-state index contributed by atoms with van der Waals surface area (Å²) in [6, 6.07) is 0.361. The zero-order valence-corrected chi connectivity index (χ0v) is 12.9. The van der Waals surface area contributed by atoms with Crippen molar-refractivity contribution in [1.29, 1.82) is 0 Å². The monoisotopic (exact) mass is 270 g/mol. The number of β-amino-alcohol motifs (C(OH)–C–C–N with tert-alkyl or cyclic N) is 1. The van der Waals surface area contributed by atoms with Crippen molar-refractivity contribution in [3.8, 4) is 0 Å². The molecule has 0 aromatic carbocycles. The highest BCUT2D eigenvalue weighted by Gasteiger charge is 2.25. The van der Waals surface area contributed by atoms with E-state index >= 15 is 0 Å². The molecule has 4 heteroatoms. The molecule has 1 fully saturated rings. The van der Waals surface area contributed by atoms with Crippen LogP contribution in [0.4, 0.5) is 0 Å². The number of aliphatic hydroxyl groups is 1. The highest BCUT2D eigenvalue weighted by molar-refractivity contribution is 5.76. The second-order valence-electron chi connectivity index (χ2n) is 6.39. The van der Waals surface area contributed by atoms with E-state index in [0.29, 0.717) is 37.4 Å². The van der Waals surface area contributed by atoms with Gasteiger partial charge in [-0.15, -0.1) is 0 Å². The summed E-state index contributed by atoms with van der Waals surface area (Å²) in [7, 11) is 0. The van der Waals surface area contributed by atoms with Crippen LogP contribution in [0.15, 0.2) is 0 Å². The minimum atomic E-state index is -0.470. The number of hydrogen-bond acceptors (Lipinski definition) is 3. The largest absolute Gasteiger partial charge is 0.390 e. The lowest BCUT2D eigenvalue weighted by atomic mass is 9.89. The molecule has 0 bridgehead atoms. The third-order valence-electron chi connectivity index (χ3n) is 3.99. The lowest BCUT2D eigenvalue weighted by Gasteiger charge is -2.25. The standard InChI is InChI=1S/C15H30N2O2/c1-11(2)13-5-6-15(19)17(8-7-13)10-14(18)9-16-12(3)4/h11-14,16,18H,5-10H2,1-4H3. The Bertz CT molecular complexity index is 279. The molecular formula is C15H30N2O2.